The molecule has 0 saturated carbocycles. The summed E-state index contributed by atoms with van der Waals surface area (Å²) < 4.78 is 7.14. The van der Waals surface area contributed by atoms with E-state index in [9.17, 15) is 4.79 Å². The number of carbonyl (C=O) groups is 1. The van der Waals surface area contributed by atoms with Gasteiger partial charge in [-0.15, -0.1) is 0 Å². The molecule has 6 heteroatoms. The van der Waals surface area contributed by atoms with Gasteiger partial charge in [-0.05, 0) is 48.7 Å². The van der Waals surface area contributed by atoms with E-state index >= 15 is 0 Å². The van der Waals surface area contributed by atoms with E-state index in [0.717, 1.165) is 56.1 Å². The van der Waals surface area contributed by atoms with E-state index in [0.29, 0.717) is 5.69 Å². The summed E-state index contributed by atoms with van der Waals surface area (Å²) in [6.07, 6.45) is 4.75. The van der Waals surface area contributed by atoms with Gasteiger partial charge in [-0.2, -0.15) is 0 Å². The molecule has 0 bridgehead atoms. The van der Waals surface area contributed by atoms with Crippen molar-refractivity contribution in [1.29, 1.82) is 0 Å². The number of aromatic nitrogens is 2. The first kappa shape index (κ1) is 18.5. The lowest BCUT2D eigenvalue weighted by Gasteiger charge is -2.21. The summed E-state index contributed by atoms with van der Waals surface area (Å²) in [4.78, 5) is 21.8. The van der Waals surface area contributed by atoms with E-state index in [1.165, 1.54) is 5.56 Å². The van der Waals surface area contributed by atoms with Crippen LogP contribution in [0.3, 0.4) is 0 Å². The molecule has 1 aliphatic rings. The van der Waals surface area contributed by atoms with Crippen LogP contribution in [-0.4, -0.2) is 58.4 Å². The topological polar surface area (TPSA) is 50.1 Å². The summed E-state index contributed by atoms with van der Waals surface area (Å²) in [6, 6.07) is 12.2. The number of pyridine rings is 1. The fourth-order valence-electron chi connectivity index (χ4n) is 3.67. The highest BCUT2D eigenvalue weighted by molar-refractivity contribution is 5.93. The third-order valence-electron chi connectivity index (χ3n) is 5.28. The van der Waals surface area contributed by atoms with E-state index in [-0.39, 0.29) is 5.91 Å². The third kappa shape index (κ3) is 4.02. The van der Waals surface area contributed by atoms with Crippen LogP contribution in [0.25, 0.3) is 5.65 Å². The minimum Gasteiger partial charge on any atom is -0.497 e. The van der Waals surface area contributed by atoms with E-state index in [1.807, 2.05) is 52.9 Å². The summed E-state index contributed by atoms with van der Waals surface area (Å²) in [5, 5.41) is 0. The number of hydrogen-bond acceptors (Lipinski definition) is 4. The largest absolute Gasteiger partial charge is 0.497 e. The molecule has 0 atom stereocenters. The van der Waals surface area contributed by atoms with Gasteiger partial charge in [0.25, 0.3) is 5.91 Å². The van der Waals surface area contributed by atoms with Crippen molar-refractivity contribution in [3.63, 3.8) is 0 Å². The molecule has 0 N–H and O–H groups in total. The summed E-state index contributed by atoms with van der Waals surface area (Å²) >= 11 is 0. The average molecular weight is 378 g/mol. The number of carbonyl (C=O) groups excluding carboxylic acids is 1. The Morgan fingerprint density at radius 3 is 2.71 bits per heavy atom. The molecule has 28 heavy (non-hydrogen) atoms. The molecule has 1 aromatic carbocycles. The smallest absolute Gasteiger partial charge is 0.274 e. The van der Waals surface area contributed by atoms with Gasteiger partial charge in [0.15, 0.2) is 0 Å². The first-order chi connectivity index (χ1) is 13.6. The van der Waals surface area contributed by atoms with Crippen molar-refractivity contribution < 1.29 is 9.53 Å². The van der Waals surface area contributed by atoms with E-state index in [1.54, 1.807) is 7.11 Å². The summed E-state index contributed by atoms with van der Waals surface area (Å²) in [5.74, 6) is 0.895. The van der Waals surface area contributed by atoms with Gasteiger partial charge in [-0.1, -0.05) is 12.1 Å². The first-order valence-electron chi connectivity index (χ1n) is 9.72. The zero-order valence-electron chi connectivity index (χ0n) is 16.5. The molecule has 3 heterocycles. The summed E-state index contributed by atoms with van der Waals surface area (Å²) in [5.41, 5.74) is 3.74. The first-order valence-corrected chi connectivity index (χ1v) is 9.72. The second-order valence-corrected chi connectivity index (χ2v) is 7.37. The van der Waals surface area contributed by atoms with Gasteiger partial charge in [0.1, 0.15) is 17.1 Å². The number of fused-ring (bicyclic) bond motifs is 1. The Morgan fingerprint density at radius 1 is 1.11 bits per heavy atom. The van der Waals surface area contributed by atoms with E-state index in [4.69, 9.17) is 4.74 Å². The number of amides is 1. The minimum atomic E-state index is 0.0210. The van der Waals surface area contributed by atoms with Crippen LogP contribution in [0.4, 0.5) is 0 Å². The Kier molecular flexibility index (Phi) is 5.30. The van der Waals surface area contributed by atoms with Crippen LogP contribution >= 0.6 is 0 Å². The Bertz CT molecular complexity index is 964. The molecule has 1 aliphatic heterocycles. The van der Waals surface area contributed by atoms with Crippen molar-refractivity contribution in [3.8, 4) is 5.75 Å². The molecule has 6 nitrogen and oxygen atoms in total. The number of rotatable bonds is 4. The van der Waals surface area contributed by atoms with Crippen molar-refractivity contribution in [3.05, 3.63) is 65.6 Å². The number of nitrogens with zero attached hydrogens (tertiary/aromatic N) is 4. The molecular weight excluding hydrogens is 352 g/mol. The molecule has 4 rings (SSSR count). The Balaban J connectivity index is 1.40. The van der Waals surface area contributed by atoms with Gasteiger partial charge < -0.3 is 14.0 Å². The van der Waals surface area contributed by atoms with Crippen LogP contribution in [0, 0.1) is 6.92 Å². The maximum absolute atomic E-state index is 13.0. The van der Waals surface area contributed by atoms with Crippen molar-refractivity contribution in [2.24, 2.45) is 0 Å². The Morgan fingerprint density at radius 2 is 1.93 bits per heavy atom. The Labute approximate surface area is 165 Å². The molecule has 0 unspecified atom stereocenters. The molecule has 2 aromatic heterocycles. The minimum absolute atomic E-state index is 0.0210. The maximum atomic E-state index is 13.0. The number of methoxy groups -OCH3 is 1. The number of imidazole rings is 1. The number of aryl methyl sites for hydroxylation is 1. The third-order valence-corrected chi connectivity index (χ3v) is 5.28. The molecule has 0 radical (unpaired) electrons. The quantitative estimate of drug-likeness (QED) is 0.700. The molecule has 1 fully saturated rings. The molecule has 1 saturated heterocycles. The lowest BCUT2D eigenvalue weighted by Crippen LogP contribution is -2.35. The fourth-order valence-corrected chi connectivity index (χ4v) is 3.67. The molecule has 146 valence electrons. The summed E-state index contributed by atoms with van der Waals surface area (Å²) in [6.45, 7) is 6.26. The second kappa shape index (κ2) is 8.02. The SMILES string of the molecule is COc1ccc(CN2CCCN(C(=O)c3cn4ccc(C)cc4n3)CC2)cc1. The van der Waals surface area contributed by atoms with Gasteiger partial charge in [0.05, 0.1) is 7.11 Å². The fraction of sp³-hybridized carbons (Fsp3) is 0.364. The van der Waals surface area contributed by atoms with Gasteiger partial charge in [0, 0.05) is 45.1 Å². The second-order valence-electron chi connectivity index (χ2n) is 7.37. The lowest BCUT2D eigenvalue weighted by atomic mass is 10.2. The lowest BCUT2D eigenvalue weighted by molar-refractivity contribution is 0.0756. The van der Waals surface area contributed by atoms with Crippen molar-refractivity contribution in [2.45, 2.75) is 19.9 Å². The van der Waals surface area contributed by atoms with Gasteiger partial charge in [0.2, 0.25) is 0 Å². The summed E-state index contributed by atoms with van der Waals surface area (Å²) in [7, 11) is 1.68. The zero-order chi connectivity index (χ0) is 19.5. The highest BCUT2D eigenvalue weighted by Gasteiger charge is 2.22. The van der Waals surface area contributed by atoms with Crippen LogP contribution < -0.4 is 4.74 Å². The van der Waals surface area contributed by atoms with Crippen LogP contribution in [-0.2, 0) is 6.54 Å². The molecule has 0 spiro atoms. The van der Waals surface area contributed by atoms with Gasteiger partial charge in [-0.3, -0.25) is 9.69 Å². The predicted octanol–water partition coefficient (Wildman–Crippen LogP) is 3.00. The highest BCUT2D eigenvalue weighted by atomic mass is 16.5. The number of hydrogen-bond donors (Lipinski definition) is 0. The van der Waals surface area contributed by atoms with Crippen LogP contribution in [0.1, 0.15) is 28.0 Å². The average Bonchev–Trinajstić information content (AvgIpc) is 2.99. The van der Waals surface area contributed by atoms with Crippen molar-refractivity contribution >= 4 is 11.6 Å². The van der Waals surface area contributed by atoms with Crippen LogP contribution in [0.5, 0.6) is 5.75 Å². The Hall–Kier alpha value is -2.86. The van der Waals surface area contributed by atoms with Gasteiger partial charge >= 0.3 is 0 Å². The molecule has 0 aliphatic carbocycles. The van der Waals surface area contributed by atoms with Crippen molar-refractivity contribution in [2.75, 3.05) is 33.3 Å². The molecular formula is C22H26N4O2. The predicted molar refractivity (Wildman–Crippen MR) is 109 cm³/mol. The van der Waals surface area contributed by atoms with Crippen LogP contribution in [0.2, 0.25) is 0 Å². The van der Waals surface area contributed by atoms with E-state index < -0.39 is 0 Å². The number of benzene rings is 1. The van der Waals surface area contributed by atoms with E-state index in [2.05, 4.69) is 22.0 Å². The van der Waals surface area contributed by atoms with Crippen LogP contribution in [0.15, 0.2) is 48.8 Å². The normalized spacial score (nSPS) is 15.6. The van der Waals surface area contributed by atoms with Crippen molar-refractivity contribution in [1.82, 2.24) is 19.2 Å². The molecule has 3 aromatic rings. The number of ether oxygens (including phenoxy) is 1. The maximum Gasteiger partial charge on any atom is 0.274 e. The standard InChI is InChI=1S/C22H26N4O2/c1-17-8-11-26-16-20(23-21(26)14-17)22(27)25-10-3-9-24(12-13-25)15-18-4-6-19(28-2)7-5-18/h4-8,11,14,16H,3,9-10,12-13,15H2,1-2H3. The molecule has 1 amide bonds. The zero-order valence-corrected chi connectivity index (χ0v) is 16.5. The van der Waals surface area contributed by atoms with Gasteiger partial charge in [-0.25, -0.2) is 4.98 Å². The highest BCUT2D eigenvalue weighted by Crippen LogP contribution is 2.16. The monoisotopic (exact) mass is 378 g/mol.